The minimum Gasteiger partial charge on any atom is -0.326 e. The number of anilines is 2. The summed E-state index contributed by atoms with van der Waals surface area (Å²) in [6.45, 7) is 2.51. The van der Waals surface area contributed by atoms with Crippen LogP contribution in [-0.2, 0) is 16.0 Å². The molecular formula is C26H24N4O2. The molecule has 0 saturated carbocycles. The monoisotopic (exact) mass is 424 g/mol. The van der Waals surface area contributed by atoms with Gasteiger partial charge in [0.05, 0.1) is 17.5 Å². The molecular weight excluding hydrogens is 400 g/mol. The summed E-state index contributed by atoms with van der Waals surface area (Å²) in [4.78, 5) is 32.7. The van der Waals surface area contributed by atoms with Crippen LogP contribution in [0.3, 0.4) is 0 Å². The molecule has 1 N–H and O–H groups in total. The van der Waals surface area contributed by atoms with E-state index < -0.39 is 6.04 Å². The maximum absolute atomic E-state index is 13.4. The first kappa shape index (κ1) is 20.0. The lowest BCUT2D eigenvalue weighted by Crippen LogP contribution is -2.33. The Hall–Kier alpha value is -3.93. The smallest absolute Gasteiger partial charge is 0.253 e. The number of hydrogen-bond donors (Lipinski definition) is 1. The number of nitrogens with zero attached hydrogens (tertiary/aromatic N) is 3. The number of hydrogen-bond acceptors (Lipinski definition) is 3. The second kappa shape index (κ2) is 8.30. The Labute approximate surface area is 186 Å². The normalized spacial score (nSPS) is 15.2. The SMILES string of the molecule is Cc1ccc(NC(=O)C[C@H]2C(=O)N(CCc3ccccc3)c3nc4ccccc4n32)cc1. The van der Waals surface area contributed by atoms with Crippen molar-refractivity contribution in [2.45, 2.75) is 25.8 Å². The van der Waals surface area contributed by atoms with Crippen molar-refractivity contribution in [1.29, 1.82) is 0 Å². The van der Waals surface area contributed by atoms with E-state index in [1.807, 2.05) is 78.2 Å². The zero-order valence-electron chi connectivity index (χ0n) is 17.9. The molecule has 0 spiro atoms. The van der Waals surface area contributed by atoms with Crippen LogP contribution in [0.2, 0.25) is 0 Å². The summed E-state index contributed by atoms with van der Waals surface area (Å²) in [5.41, 5.74) is 4.69. The number of aryl methyl sites for hydroxylation is 1. The van der Waals surface area contributed by atoms with Crippen LogP contribution < -0.4 is 10.2 Å². The molecule has 1 atom stereocenters. The lowest BCUT2D eigenvalue weighted by Gasteiger charge is -2.16. The molecule has 160 valence electrons. The summed E-state index contributed by atoms with van der Waals surface area (Å²) in [7, 11) is 0. The Morgan fingerprint density at radius 3 is 2.47 bits per heavy atom. The van der Waals surface area contributed by atoms with Crippen molar-refractivity contribution in [1.82, 2.24) is 9.55 Å². The third-order valence-electron chi connectivity index (χ3n) is 5.86. The Kier molecular flexibility index (Phi) is 5.19. The Bertz CT molecular complexity index is 1280. The topological polar surface area (TPSA) is 67.2 Å². The molecule has 3 aromatic carbocycles. The van der Waals surface area contributed by atoms with Crippen LogP contribution in [0.15, 0.2) is 78.9 Å². The van der Waals surface area contributed by atoms with Crippen LogP contribution >= 0.6 is 0 Å². The second-order valence-electron chi connectivity index (χ2n) is 8.13. The number of aromatic nitrogens is 2. The van der Waals surface area contributed by atoms with Crippen LogP contribution in [0, 0.1) is 6.92 Å². The van der Waals surface area contributed by atoms with Gasteiger partial charge in [-0.15, -0.1) is 0 Å². The van der Waals surface area contributed by atoms with E-state index in [1.165, 1.54) is 0 Å². The van der Waals surface area contributed by atoms with Gasteiger partial charge < -0.3 is 5.32 Å². The number of carbonyl (C=O) groups excluding carboxylic acids is 2. The maximum atomic E-state index is 13.4. The summed E-state index contributed by atoms with van der Waals surface area (Å²) in [6.07, 6.45) is 0.778. The van der Waals surface area contributed by atoms with E-state index in [1.54, 1.807) is 4.90 Å². The van der Waals surface area contributed by atoms with E-state index in [-0.39, 0.29) is 18.2 Å². The predicted octanol–water partition coefficient (Wildman–Crippen LogP) is 4.50. The average molecular weight is 425 g/mol. The van der Waals surface area contributed by atoms with Crippen molar-refractivity contribution < 1.29 is 9.59 Å². The third-order valence-corrected chi connectivity index (χ3v) is 5.86. The van der Waals surface area contributed by atoms with Gasteiger partial charge in [-0.3, -0.25) is 19.1 Å². The standard InChI is InChI=1S/C26H24N4O2/c1-18-11-13-20(14-12-18)27-24(31)17-23-25(32)29(16-15-19-7-3-2-4-8-19)26-28-21-9-5-6-10-22(21)30(23)26/h2-14,23H,15-17H2,1H3,(H,27,31)/t23-/m0/s1. The van der Waals surface area contributed by atoms with Crippen LogP contribution in [0.25, 0.3) is 11.0 Å². The first-order chi connectivity index (χ1) is 15.6. The van der Waals surface area contributed by atoms with Crippen molar-refractivity contribution in [2.24, 2.45) is 0 Å². The second-order valence-corrected chi connectivity index (χ2v) is 8.13. The zero-order valence-corrected chi connectivity index (χ0v) is 17.9. The molecule has 1 aliphatic rings. The van der Waals surface area contributed by atoms with Gasteiger partial charge in [0, 0.05) is 12.2 Å². The summed E-state index contributed by atoms with van der Waals surface area (Å²) in [5, 5.41) is 2.92. The fourth-order valence-corrected chi connectivity index (χ4v) is 4.22. The molecule has 2 heterocycles. The molecule has 4 aromatic rings. The highest BCUT2D eigenvalue weighted by molar-refractivity contribution is 6.05. The van der Waals surface area contributed by atoms with Crippen molar-refractivity contribution in [3.63, 3.8) is 0 Å². The highest BCUT2D eigenvalue weighted by Crippen LogP contribution is 2.36. The molecule has 0 bridgehead atoms. The fraction of sp³-hybridized carbons (Fsp3) is 0.192. The first-order valence-corrected chi connectivity index (χ1v) is 10.8. The molecule has 1 aliphatic heterocycles. The van der Waals surface area contributed by atoms with Gasteiger partial charge in [0.15, 0.2) is 0 Å². The van der Waals surface area contributed by atoms with Gasteiger partial charge in [0.25, 0.3) is 5.91 Å². The van der Waals surface area contributed by atoms with E-state index in [4.69, 9.17) is 4.98 Å². The Balaban J connectivity index is 1.41. The van der Waals surface area contributed by atoms with E-state index >= 15 is 0 Å². The third kappa shape index (κ3) is 3.75. The van der Waals surface area contributed by atoms with Gasteiger partial charge in [-0.1, -0.05) is 60.2 Å². The minimum atomic E-state index is -0.612. The molecule has 6 heteroatoms. The molecule has 0 saturated heterocycles. The number of amides is 2. The molecule has 6 nitrogen and oxygen atoms in total. The van der Waals surface area contributed by atoms with Gasteiger partial charge in [0.1, 0.15) is 6.04 Å². The van der Waals surface area contributed by atoms with Gasteiger partial charge in [-0.2, -0.15) is 0 Å². The average Bonchev–Trinajstić information content (AvgIpc) is 3.29. The summed E-state index contributed by atoms with van der Waals surface area (Å²) in [5.74, 6) is 0.328. The van der Waals surface area contributed by atoms with Crippen LogP contribution in [-0.4, -0.2) is 27.9 Å². The molecule has 0 fully saturated rings. The van der Waals surface area contributed by atoms with Crippen molar-refractivity contribution in [2.75, 3.05) is 16.8 Å². The number of imidazole rings is 1. The highest BCUT2D eigenvalue weighted by Gasteiger charge is 2.40. The largest absolute Gasteiger partial charge is 0.326 e. The van der Waals surface area contributed by atoms with Gasteiger partial charge in [-0.05, 0) is 43.2 Å². The lowest BCUT2D eigenvalue weighted by atomic mass is 10.1. The van der Waals surface area contributed by atoms with E-state index in [0.717, 1.165) is 34.3 Å². The number of nitrogens with one attached hydrogen (secondary N) is 1. The molecule has 0 radical (unpaired) electrons. The van der Waals surface area contributed by atoms with Crippen molar-refractivity contribution in [3.8, 4) is 0 Å². The number of carbonyl (C=O) groups is 2. The van der Waals surface area contributed by atoms with Crippen LogP contribution in [0.4, 0.5) is 11.6 Å². The Morgan fingerprint density at radius 1 is 0.969 bits per heavy atom. The minimum absolute atomic E-state index is 0.0574. The van der Waals surface area contributed by atoms with Gasteiger partial charge in [-0.25, -0.2) is 4.98 Å². The molecule has 2 amide bonds. The van der Waals surface area contributed by atoms with Crippen LogP contribution in [0.1, 0.15) is 23.6 Å². The number of rotatable bonds is 6. The zero-order chi connectivity index (χ0) is 22.1. The maximum Gasteiger partial charge on any atom is 0.253 e. The van der Waals surface area contributed by atoms with Crippen LogP contribution in [0.5, 0.6) is 0 Å². The quantitative estimate of drug-likeness (QED) is 0.495. The van der Waals surface area contributed by atoms with Gasteiger partial charge >= 0.3 is 0 Å². The molecule has 1 aromatic heterocycles. The van der Waals surface area contributed by atoms with E-state index in [0.29, 0.717) is 12.5 Å². The number of benzene rings is 3. The summed E-state index contributed by atoms with van der Waals surface area (Å²) in [6, 6.07) is 24.8. The molecule has 0 aliphatic carbocycles. The number of fused-ring (bicyclic) bond motifs is 3. The van der Waals surface area contributed by atoms with E-state index in [2.05, 4.69) is 17.4 Å². The summed E-state index contributed by atoms with van der Waals surface area (Å²) < 4.78 is 1.91. The van der Waals surface area contributed by atoms with Crippen molar-refractivity contribution >= 4 is 34.5 Å². The summed E-state index contributed by atoms with van der Waals surface area (Å²) >= 11 is 0. The molecule has 32 heavy (non-hydrogen) atoms. The van der Waals surface area contributed by atoms with E-state index in [9.17, 15) is 9.59 Å². The fourth-order valence-electron chi connectivity index (χ4n) is 4.22. The first-order valence-electron chi connectivity index (χ1n) is 10.8. The highest BCUT2D eigenvalue weighted by atomic mass is 16.2. The lowest BCUT2D eigenvalue weighted by molar-refractivity contribution is -0.124. The molecule has 5 rings (SSSR count). The number of para-hydroxylation sites is 2. The Morgan fingerprint density at radius 2 is 1.69 bits per heavy atom. The van der Waals surface area contributed by atoms with Crippen molar-refractivity contribution in [3.05, 3.63) is 90.0 Å². The molecule has 0 unspecified atom stereocenters. The predicted molar refractivity (Wildman–Crippen MR) is 126 cm³/mol. The van der Waals surface area contributed by atoms with Gasteiger partial charge in [0.2, 0.25) is 11.9 Å².